The van der Waals surface area contributed by atoms with Crippen molar-refractivity contribution in [3.8, 4) is 11.5 Å². The molecular weight excluding hydrogens is 402 g/mol. The molecule has 1 aromatic carbocycles. The fraction of sp³-hybridized carbons (Fsp3) is 0.200. The number of rotatable bonds is 4. The SMILES string of the molecule is COc1c(Cl)cc(OCC=C(Br)Br)c(F)c1Cl. The monoisotopic (exact) mass is 406 g/mol. The van der Waals surface area contributed by atoms with Gasteiger partial charge in [0.25, 0.3) is 0 Å². The van der Waals surface area contributed by atoms with Gasteiger partial charge in [-0.25, -0.2) is 4.39 Å². The van der Waals surface area contributed by atoms with Gasteiger partial charge in [0, 0.05) is 6.07 Å². The first-order chi connectivity index (χ1) is 7.97. The second kappa shape index (κ2) is 6.83. The van der Waals surface area contributed by atoms with Crippen LogP contribution in [0.2, 0.25) is 10.0 Å². The molecule has 1 rings (SSSR count). The molecule has 0 bridgehead atoms. The molecule has 0 atom stereocenters. The van der Waals surface area contributed by atoms with Crippen molar-refractivity contribution in [1.29, 1.82) is 0 Å². The van der Waals surface area contributed by atoms with E-state index in [2.05, 4.69) is 31.9 Å². The minimum atomic E-state index is -0.702. The normalized spacial score (nSPS) is 10.0. The van der Waals surface area contributed by atoms with E-state index in [0.717, 1.165) is 0 Å². The highest BCUT2D eigenvalue weighted by Crippen LogP contribution is 2.39. The highest BCUT2D eigenvalue weighted by molar-refractivity contribution is 9.28. The average Bonchev–Trinajstić information content (AvgIpc) is 2.25. The molecule has 0 fully saturated rings. The molecule has 0 radical (unpaired) electrons. The molecule has 0 saturated heterocycles. The van der Waals surface area contributed by atoms with Gasteiger partial charge in [-0.15, -0.1) is 0 Å². The van der Waals surface area contributed by atoms with Crippen LogP contribution in [0.25, 0.3) is 0 Å². The molecule has 0 aliphatic carbocycles. The molecule has 0 amide bonds. The molecular formula is C10H7Br2Cl2FO2. The molecule has 0 unspecified atom stereocenters. The number of hydrogen-bond donors (Lipinski definition) is 0. The van der Waals surface area contributed by atoms with Gasteiger partial charge in [0.15, 0.2) is 17.3 Å². The third kappa shape index (κ3) is 4.02. The Morgan fingerprint density at radius 3 is 2.65 bits per heavy atom. The minimum Gasteiger partial charge on any atom is -0.494 e. The number of ether oxygens (including phenoxy) is 2. The van der Waals surface area contributed by atoms with E-state index in [0.29, 0.717) is 3.39 Å². The molecule has 0 spiro atoms. The van der Waals surface area contributed by atoms with Crippen LogP contribution in [0.1, 0.15) is 0 Å². The lowest BCUT2D eigenvalue weighted by molar-refractivity contribution is 0.338. The lowest BCUT2D eigenvalue weighted by Crippen LogP contribution is -1.98. The zero-order valence-electron chi connectivity index (χ0n) is 8.57. The highest BCUT2D eigenvalue weighted by atomic mass is 79.9. The maximum absolute atomic E-state index is 13.7. The zero-order valence-corrected chi connectivity index (χ0v) is 13.3. The largest absolute Gasteiger partial charge is 0.494 e. The summed E-state index contributed by atoms with van der Waals surface area (Å²) in [7, 11) is 1.36. The fourth-order valence-corrected chi connectivity index (χ4v) is 1.90. The lowest BCUT2D eigenvalue weighted by atomic mass is 10.3. The summed E-state index contributed by atoms with van der Waals surface area (Å²) in [4.78, 5) is 0. The third-order valence-electron chi connectivity index (χ3n) is 1.76. The quantitative estimate of drug-likeness (QED) is 0.641. The van der Waals surface area contributed by atoms with Gasteiger partial charge in [0.2, 0.25) is 0 Å². The Bertz CT molecular complexity index is 448. The number of benzene rings is 1. The number of hydrogen-bond acceptors (Lipinski definition) is 2. The van der Waals surface area contributed by atoms with Crippen molar-refractivity contribution in [3.05, 3.63) is 31.4 Å². The second-order valence-corrected chi connectivity index (χ2v) is 6.38. The summed E-state index contributed by atoms with van der Waals surface area (Å²) < 4.78 is 24.5. The molecule has 7 heteroatoms. The summed E-state index contributed by atoms with van der Waals surface area (Å²) in [6.07, 6.45) is 1.66. The number of methoxy groups -OCH3 is 1. The topological polar surface area (TPSA) is 18.5 Å². The minimum absolute atomic E-state index is 0.0294. The van der Waals surface area contributed by atoms with Gasteiger partial charge in [0.1, 0.15) is 11.6 Å². The van der Waals surface area contributed by atoms with Crippen molar-refractivity contribution in [2.75, 3.05) is 13.7 Å². The average molecular weight is 409 g/mol. The summed E-state index contributed by atoms with van der Waals surface area (Å²) in [6.45, 7) is 0.168. The van der Waals surface area contributed by atoms with Crippen LogP contribution in [0, 0.1) is 5.82 Å². The summed E-state index contributed by atoms with van der Waals surface area (Å²) in [5.41, 5.74) is 0. The van der Waals surface area contributed by atoms with Gasteiger partial charge < -0.3 is 9.47 Å². The smallest absolute Gasteiger partial charge is 0.187 e. The number of halogens is 5. The molecule has 2 nitrogen and oxygen atoms in total. The van der Waals surface area contributed by atoms with Crippen LogP contribution in [0.4, 0.5) is 4.39 Å². The Kier molecular flexibility index (Phi) is 6.06. The molecule has 1 aromatic rings. The maximum atomic E-state index is 13.7. The van der Waals surface area contributed by atoms with Crippen LogP contribution in [-0.4, -0.2) is 13.7 Å². The van der Waals surface area contributed by atoms with Crippen LogP contribution >= 0.6 is 55.1 Å². The van der Waals surface area contributed by atoms with Crippen molar-refractivity contribution < 1.29 is 13.9 Å². The van der Waals surface area contributed by atoms with E-state index < -0.39 is 5.82 Å². The van der Waals surface area contributed by atoms with Gasteiger partial charge in [-0.05, 0) is 37.9 Å². The highest BCUT2D eigenvalue weighted by Gasteiger charge is 2.17. The van der Waals surface area contributed by atoms with Crippen molar-refractivity contribution in [3.63, 3.8) is 0 Å². The first kappa shape index (κ1) is 15.1. The summed E-state index contributed by atoms with van der Waals surface area (Å²) in [5.74, 6) is -0.638. The predicted octanol–water partition coefficient (Wildman–Crippen LogP) is 5.15. The van der Waals surface area contributed by atoms with Crippen molar-refractivity contribution >= 4 is 55.1 Å². The van der Waals surface area contributed by atoms with E-state index in [-0.39, 0.29) is 28.2 Å². The summed E-state index contributed by atoms with van der Waals surface area (Å²) in [5, 5.41) is -0.00678. The third-order valence-corrected chi connectivity index (χ3v) is 3.03. The van der Waals surface area contributed by atoms with E-state index >= 15 is 0 Å². The van der Waals surface area contributed by atoms with Crippen LogP contribution in [0.15, 0.2) is 15.5 Å². The molecule has 0 N–H and O–H groups in total. The van der Waals surface area contributed by atoms with E-state index in [4.69, 9.17) is 32.7 Å². The van der Waals surface area contributed by atoms with E-state index in [1.807, 2.05) is 0 Å². The molecule has 94 valence electrons. The van der Waals surface area contributed by atoms with Gasteiger partial charge in [0.05, 0.1) is 15.5 Å². The molecule has 17 heavy (non-hydrogen) atoms. The van der Waals surface area contributed by atoms with Crippen molar-refractivity contribution in [1.82, 2.24) is 0 Å². The zero-order chi connectivity index (χ0) is 13.0. The van der Waals surface area contributed by atoms with Gasteiger partial charge >= 0.3 is 0 Å². The van der Waals surface area contributed by atoms with E-state index in [9.17, 15) is 4.39 Å². The van der Waals surface area contributed by atoms with Crippen LogP contribution < -0.4 is 9.47 Å². The molecule has 0 heterocycles. The molecule has 0 saturated carbocycles. The van der Waals surface area contributed by atoms with Gasteiger partial charge in [-0.3, -0.25) is 0 Å². The summed E-state index contributed by atoms with van der Waals surface area (Å²) in [6, 6.07) is 1.32. The van der Waals surface area contributed by atoms with Gasteiger partial charge in [-0.2, -0.15) is 0 Å². The predicted molar refractivity (Wildman–Crippen MR) is 74.4 cm³/mol. The Labute approximate surface area is 125 Å². The van der Waals surface area contributed by atoms with Gasteiger partial charge in [-0.1, -0.05) is 23.2 Å². The van der Waals surface area contributed by atoms with E-state index in [1.54, 1.807) is 6.08 Å². The lowest BCUT2D eigenvalue weighted by Gasteiger charge is -2.11. The standard InChI is InChI=1S/C10H7Br2Cl2FO2/c1-16-10-5(13)4-6(9(15)8(10)14)17-3-2-7(11)12/h2,4H,3H2,1H3. The van der Waals surface area contributed by atoms with Crippen LogP contribution in [0.3, 0.4) is 0 Å². The van der Waals surface area contributed by atoms with E-state index in [1.165, 1.54) is 13.2 Å². The van der Waals surface area contributed by atoms with Crippen LogP contribution in [0.5, 0.6) is 11.5 Å². The van der Waals surface area contributed by atoms with Crippen molar-refractivity contribution in [2.24, 2.45) is 0 Å². The first-order valence-corrected chi connectivity index (χ1v) is 6.67. The van der Waals surface area contributed by atoms with Crippen LogP contribution in [-0.2, 0) is 0 Å². The maximum Gasteiger partial charge on any atom is 0.187 e. The first-order valence-electron chi connectivity index (χ1n) is 4.32. The second-order valence-electron chi connectivity index (χ2n) is 2.82. The molecule has 0 aliphatic heterocycles. The fourth-order valence-electron chi connectivity index (χ4n) is 1.04. The Morgan fingerprint density at radius 1 is 1.47 bits per heavy atom. The Hall–Kier alpha value is 0.0300. The molecule has 0 aliphatic rings. The van der Waals surface area contributed by atoms with Crippen molar-refractivity contribution in [2.45, 2.75) is 0 Å². The summed E-state index contributed by atoms with van der Waals surface area (Å²) >= 11 is 17.9. The Balaban J connectivity index is 2.98. The Morgan fingerprint density at radius 2 is 2.12 bits per heavy atom. The molecule has 0 aromatic heterocycles.